The number of imidazole rings is 1. The van der Waals surface area contributed by atoms with Crippen LogP contribution in [-0.2, 0) is 0 Å². The van der Waals surface area contributed by atoms with Crippen molar-refractivity contribution in [3.63, 3.8) is 0 Å². The van der Waals surface area contributed by atoms with Crippen molar-refractivity contribution in [2.24, 2.45) is 0 Å². The Balaban J connectivity index is 1.89. The van der Waals surface area contributed by atoms with Gasteiger partial charge in [0.1, 0.15) is 11.6 Å². The summed E-state index contributed by atoms with van der Waals surface area (Å²) < 4.78 is 2.11. The molecule has 4 aromatic carbocycles. The lowest BCUT2D eigenvalue weighted by Gasteiger charge is -2.14. The molecule has 0 aliphatic rings. The van der Waals surface area contributed by atoms with Gasteiger partial charge in [-0.25, -0.2) is 4.98 Å². The van der Waals surface area contributed by atoms with Crippen LogP contribution in [0.2, 0.25) is 0 Å². The average molecular weight is 416 g/mol. The summed E-state index contributed by atoms with van der Waals surface area (Å²) in [6, 6.07) is 35.2. The number of hydrogen-bond acceptors (Lipinski definition) is 3. The Morgan fingerprint density at radius 2 is 1.28 bits per heavy atom. The van der Waals surface area contributed by atoms with Crippen LogP contribution in [0.3, 0.4) is 0 Å². The number of para-hydroxylation sites is 1. The van der Waals surface area contributed by atoms with Crippen LogP contribution in [0.4, 0.5) is 0 Å². The lowest BCUT2D eigenvalue weighted by molar-refractivity contribution is 0.112. The number of benzene rings is 4. The van der Waals surface area contributed by atoms with E-state index < -0.39 is 0 Å². The lowest BCUT2D eigenvalue weighted by atomic mass is 10.0. The third kappa shape index (κ3) is 3.48. The minimum Gasteiger partial charge on any atom is -0.507 e. The van der Waals surface area contributed by atoms with Crippen molar-refractivity contribution in [2.75, 3.05) is 0 Å². The molecule has 32 heavy (non-hydrogen) atoms. The molecule has 154 valence electrons. The van der Waals surface area contributed by atoms with Gasteiger partial charge in [-0.1, -0.05) is 78.9 Å². The summed E-state index contributed by atoms with van der Waals surface area (Å²) in [6.45, 7) is 0. The lowest BCUT2D eigenvalue weighted by Crippen LogP contribution is -2.00. The number of rotatable bonds is 5. The van der Waals surface area contributed by atoms with E-state index in [4.69, 9.17) is 4.98 Å². The van der Waals surface area contributed by atoms with E-state index in [0.717, 1.165) is 33.8 Å². The van der Waals surface area contributed by atoms with Gasteiger partial charge in [-0.2, -0.15) is 0 Å². The topological polar surface area (TPSA) is 55.1 Å². The molecule has 0 saturated carbocycles. The molecular weight excluding hydrogens is 396 g/mol. The summed E-state index contributed by atoms with van der Waals surface area (Å²) in [7, 11) is 0. The zero-order valence-electron chi connectivity index (χ0n) is 17.2. The molecule has 0 atom stereocenters. The summed E-state index contributed by atoms with van der Waals surface area (Å²) in [5.41, 5.74) is 5.76. The fraction of sp³-hybridized carbons (Fsp3) is 0. The van der Waals surface area contributed by atoms with Crippen molar-refractivity contribution >= 4 is 6.29 Å². The number of aromatic hydroxyl groups is 1. The molecule has 4 nitrogen and oxygen atoms in total. The maximum atomic E-state index is 11.5. The van der Waals surface area contributed by atoms with Gasteiger partial charge in [0, 0.05) is 22.4 Å². The molecule has 4 heteroatoms. The molecule has 0 saturated heterocycles. The van der Waals surface area contributed by atoms with Crippen molar-refractivity contribution < 1.29 is 9.90 Å². The Hall–Kier alpha value is -4.44. The van der Waals surface area contributed by atoms with Gasteiger partial charge in [0.25, 0.3) is 0 Å². The normalized spacial score (nSPS) is 10.8. The first-order valence-corrected chi connectivity index (χ1v) is 10.3. The van der Waals surface area contributed by atoms with Gasteiger partial charge in [-0.05, 0) is 30.3 Å². The van der Waals surface area contributed by atoms with Crippen molar-refractivity contribution in [1.29, 1.82) is 0 Å². The average Bonchev–Trinajstić information content (AvgIpc) is 3.27. The van der Waals surface area contributed by atoms with E-state index in [0.29, 0.717) is 12.1 Å². The fourth-order valence-corrected chi connectivity index (χ4v) is 3.89. The van der Waals surface area contributed by atoms with Gasteiger partial charge in [0.15, 0.2) is 6.29 Å². The van der Waals surface area contributed by atoms with E-state index >= 15 is 0 Å². The standard InChI is InChI=1S/C28H20N2O2/c31-19-23-18-22(16-17-25(23)32)28-29-26(20-10-4-1-5-11-20)27(21-12-6-2-7-13-21)30(28)24-14-8-3-9-15-24/h1-19,32H. The number of phenolic OH excluding ortho intramolecular Hbond substituents is 1. The second-order valence-corrected chi connectivity index (χ2v) is 7.43. The molecule has 1 heterocycles. The summed E-state index contributed by atoms with van der Waals surface area (Å²) in [4.78, 5) is 16.6. The Labute approximate surface area is 186 Å². The number of aldehydes is 1. The first-order valence-electron chi connectivity index (χ1n) is 10.3. The van der Waals surface area contributed by atoms with Crippen LogP contribution in [0.15, 0.2) is 109 Å². The van der Waals surface area contributed by atoms with E-state index in [9.17, 15) is 9.90 Å². The van der Waals surface area contributed by atoms with E-state index in [-0.39, 0.29) is 11.3 Å². The molecule has 0 aliphatic carbocycles. The molecule has 5 rings (SSSR count). The molecule has 0 fully saturated rings. The maximum Gasteiger partial charge on any atom is 0.153 e. The summed E-state index contributed by atoms with van der Waals surface area (Å²) in [6.07, 6.45) is 0.658. The number of hydrogen-bond donors (Lipinski definition) is 1. The Morgan fingerprint density at radius 1 is 0.688 bits per heavy atom. The van der Waals surface area contributed by atoms with E-state index in [1.54, 1.807) is 12.1 Å². The largest absolute Gasteiger partial charge is 0.507 e. The fourth-order valence-electron chi connectivity index (χ4n) is 3.89. The number of nitrogens with zero attached hydrogens (tertiary/aromatic N) is 2. The first kappa shape index (κ1) is 19.5. The zero-order chi connectivity index (χ0) is 21.9. The van der Waals surface area contributed by atoms with Crippen LogP contribution < -0.4 is 0 Å². The van der Waals surface area contributed by atoms with Crippen molar-refractivity contribution in [3.8, 4) is 45.3 Å². The van der Waals surface area contributed by atoms with Crippen LogP contribution in [0, 0.1) is 0 Å². The van der Waals surface area contributed by atoms with E-state index in [1.807, 2.05) is 78.9 Å². The van der Waals surface area contributed by atoms with Crippen molar-refractivity contribution in [2.45, 2.75) is 0 Å². The summed E-state index contributed by atoms with van der Waals surface area (Å²) in [5.74, 6) is 0.644. The second kappa shape index (κ2) is 8.36. The molecule has 0 bridgehead atoms. The van der Waals surface area contributed by atoms with Crippen LogP contribution in [0.1, 0.15) is 10.4 Å². The van der Waals surface area contributed by atoms with E-state index in [2.05, 4.69) is 16.7 Å². The molecule has 1 N–H and O–H groups in total. The molecule has 0 amide bonds. The molecule has 0 unspecified atom stereocenters. The quantitative estimate of drug-likeness (QED) is 0.338. The molecule has 0 radical (unpaired) electrons. The van der Waals surface area contributed by atoms with Crippen LogP contribution in [-0.4, -0.2) is 20.9 Å². The summed E-state index contributed by atoms with van der Waals surface area (Å²) >= 11 is 0. The molecule has 5 aromatic rings. The SMILES string of the molecule is O=Cc1cc(-c2nc(-c3ccccc3)c(-c3ccccc3)n2-c2ccccc2)ccc1O. The highest BCUT2D eigenvalue weighted by atomic mass is 16.3. The number of carbonyl (C=O) groups is 1. The number of phenols is 1. The Kier molecular flexibility index (Phi) is 5.10. The predicted molar refractivity (Wildman–Crippen MR) is 127 cm³/mol. The van der Waals surface area contributed by atoms with Gasteiger partial charge < -0.3 is 5.11 Å². The highest BCUT2D eigenvalue weighted by Crippen LogP contribution is 2.39. The third-order valence-electron chi connectivity index (χ3n) is 5.40. The minimum absolute atomic E-state index is 0.0480. The second-order valence-electron chi connectivity index (χ2n) is 7.43. The highest BCUT2D eigenvalue weighted by molar-refractivity contribution is 5.86. The molecular formula is C28H20N2O2. The van der Waals surface area contributed by atoms with Gasteiger partial charge in [-0.15, -0.1) is 0 Å². The Bertz CT molecular complexity index is 1380. The van der Waals surface area contributed by atoms with Gasteiger partial charge in [0.05, 0.1) is 17.0 Å². The van der Waals surface area contributed by atoms with Crippen LogP contribution >= 0.6 is 0 Å². The summed E-state index contributed by atoms with van der Waals surface area (Å²) in [5, 5.41) is 10.0. The minimum atomic E-state index is -0.0480. The van der Waals surface area contributed by atoms with Crippen LogP contribution in [0.5, 0.6) is 5.75 Å². The maximum absolute atomic E-state index is 11.5. The van der Waals surface area contributed by atoms with Crippen molar-refractivity contribution in [1.82, 2.24) is 9.55 Å². The molecule has 0 aliphatic heterocycles. The van der Waals surface area contributed by atoms with Gasteiger partial charge in [-0.3, -0.25) is 9.36 Å². The third-order valence-corrected chi connectivity index (χ3v) is 5.40. The number of carbonyl (C=O) groups excluding carboxylic acids is 1. The van der Waals surface area contributed by atoms with E-state index in [1.165, 1.54) is 6.07 Å². The van der Waals surface area contributed by atoms with Crippen LogP contribution in [0.25, 0.3) is 39.6 Å². The van der Waals surface area contributed by atoms with Crippen molar-refractivity contribution in [3.05, 3.63) is 115 Å². The van der Waals surface area contributed by atoms with Gasteiger partial charge in [0.2, 0.25) is 0 Å². The number of aromatic nitrogens is 2. The smallest absolute Gasteiger partial charge is 0.153 e. The van der Waals surface area contributed by atoms with Gasteiger partial charge >= 0.3 is 0 Å². The molecule has 1 aromatic heterocycles. The zero-order valence-corrected chi connectivity index (χ0v) is 17.2. The predicted octanol–water partition coefficient (Wildman–Crippen LogP) is 6.39. The Morgan fingerprint density at radius 3 is 1.91 bits per heavy atom. The first-order chi connectivity index (χ1) is 15.8. The highest BCUT2D eigenvalue weighted by Gasteiger charge is 2.22. The molecule has 0 spiro atoms. The monoisotopic (exact) mass is 416 g/mol.